The van der Waals surface area contributed by atoms with Crippen molar-refractivity contribution in [1.29, 1.82) is 0 Å². The normalized spacial score (nSPS) is 15.1. The number of rotatable bonds is 7. The summed E-state index contributed by atoms with van der Waals surface area (Å²) >= 11 is 0. The maximum Gasteiger partial charge on any atom is 0.335 e. The number of ether oxygens (including phenoxy) is 2. The van der Waals surface area contributed by atoms with E-state index >= 15 is 0 Å². The zero-order valence-corrected chi connectivity index (χ0v) is 12.1. The fourth-order valence-electron chi connectivity index (χ4n) is 1.80. The Kier molecular flexibility index (Phi) is 4.67. The van der Waals surface area contributed by atoms with Crippen LogP contribution in [0.1, 0.15) is 37.0 Å². The standard InChI is InChI=1S/C15H19NO5/c1-3-20-13-8-10(15(18)19)4-7-12(13)21-9(2)14(17)16-11-5-6-11/h4,7-9,11H,3,5-6H2,1-2H3,(H,16,17)(H,18,19). The molecule has 0 heterocycles. The SMILES string of the molecule is CCOc1cc(C(=O)O)ccc1OC(C)C(=O)NC1CC1. The van der Waals surface area contributed by atoms with E-state index in [1.54, 1.807) is 13.8 Å². The van der Waals surface area contributed by atoms with Gasteiger partial charge < -0.3 is 19.9 Å². The number of aromatic carboxylic acids is 1. The summed E-state index contributed by atoms with van der Waals surface area (Å²) in [5, 5.41) is 11.8. The number of hydrogen-bond donors (Lipinski definition) is 2. The minimum atomic E-state index is -1.04. The number of carboxylic acids is 1. The van der Waals surface area contributed by atoms with Crippen molar-refractivity contribution < 1.29 is 24.2 Å². The first-order valence-electron chi connectivity index (χ1n) is 6.98. The predicted octanol–water partition coefficient (Wildman–Crippen LogP) is 1.83. The zero-order chi connectivity index (χ0) is 15.4. The highest BCUT2D eigenvalue weighted by atomic mass is 16.5. The van der Waals surface area contributed by atoms with Crippen LogP contribution in [0.25, 0.3) is 0 Å². The molecule has 2 rings (SSSR count). The number of nitrogens with one attached hydrogen (secondary N) is 1. The van der Waals surface area contributed by atoms with Gasteiger partial charge in [-0.3, -0.25) is 4.79 Å². The van der Waals surface area contributed by atoms with Gasteiger partial charge in [-0.15, -0.1) is 0 Å². The van der Waals surface area contributed by atoms with E-state index in [2.05, 4.69) is 5.32 Å². The van der Waals surface area contributed by atoms with Crippen LogP contribution in [-0.4, -0.2) is 35.7 Å². The van der Waals surface area contributed by atoms with E-state index in [-0.39, 0.29) is 17.5 Å². The molecule has 1 saturated carbocycles. The summed E-state index contributed by atoms with van der Waals surface area (Å²) in [4.78, 5) is 22.8. The van der Waals surface area contributed by atoms with Gasteiger partial charge >= 0.3 is 5.97 Å². The van der Waals surface area contributed by atoms with Gasteiger partial charge in [0.15, 0.2) is 17.6 Å². The number of amides is 1. The molecule has 1 atom stereocenters. The average Bonchev–Trinajstić information content (AvgIpc) is 3.24. The molecule has 21 heavy (non-hydrogen) atoms. The molecule has 0 aliphatic heterocycles. The molecule has 1 aromatic carbocycles. The van der Waals surface area contributed by atoms with Crippen molar-refractivity contribution in [2.24, 2.45) is 0 Å². The topological polar surface area (TPSA) is 84.9 Å². The van der Waals surface area contributed by atoms with Crippen molar-refractivity contribution in [1.82, 2.24) is 5.32 Å². The highest BCUT2D eigenvalue weighted by Crippen LogP contribution is 2.29. The lowest BCUT2D eigenvalue weighted by atomic mass is 10.2. The molecule has 6 nitrogen and oxygen atoms in total. The van der Waals surface area contributed by atoms with Crippen LogP contribution in [0, 0.1) is 0 Å². The van der Waals surface area contributed by atoms with E-state index in [0.29, 0.717) is 18.1 Å². The van der Waals surface area contributed by atoms with Gasteiger partial charge in [-0.1, -0.05) is 0 Å². The Labute approximate surface area is 123 Å². The lowest BCUT2D eigenvalue weighted by Gasteiger charge is -2.17. The van der Waals surface area contributed by atoms with Crippen LogP contribution in [0.15, 0.2) is 18.2 Å². The summed E-state index contributed by atoms with van der Waals surface area (Å²) in [5.41, 5.74) is 0.112. The third-order valence-corrected chi connectivity index (χ3v) is 3.09. The van der Waals surface area contributed by atoms with Gasteiger partial charge in [0, 0.05) is 6.04 Å². The maximum absolute atomic E-state index is 11.9. The molecule has 2 N–H and O–H groups in total. The highest BCUT2D eigenvalue weighted by molar-refractivity contribution is 5.88. The van der Waals surface area contributed by atoms with E-state index in [1.807, 2.05) is 0 Å². The van der Waals surface area contributed by atoms with E-state index in [9.17, 15) is 9.59 Å². The summed E-state index contributed by atoms with van der Waals surface area (Å²) < 4.78 is 11.0. The molecular weight excluding hydrogens is 274 g/mol. The van der Waals surface area contributed by atoms with Crippen molar-refractivity contribution in [3.63, 3.8) is 0 Å². The number of benzene rings is 1. The lowest BCUT2D eigenvalue weighted by molar-refractivity contribution is -0.127. The smallest absolute Gasteiger partial charge is 0.335 e. The second kappa shape index (κ2) is 6.47. The molecule has 0 bridgehead atoms. The van der Waals surface area contributed by atoms with Crippen LogP contribution in [0.2, 0.25) is 0 Å². The Bertz CT molecular complexity index is 539. The van der Waals surface area contributed by atoms with Gasteiger partial charge in [-0.05, 0) is 44.9 Å². The summed E-state index contributed by atoms with van der Waals surface area (Å²) in [6, 6.07) is 4.59. The molecular formula is C15H19NO5. The molecule has 1 aliphatic rings. The summed E-state index contributed by atoms with van der Waals surface area (Å²) in [7, 11) is 0. The van der Waals surface area contributed by atoms with Crippen LogP contribution < -0.4 is 14.8 Å². The van der Waals surface area contributed by atoms with Crippen LogP contribution in [-0.2, 0) is 4.79 Å². The number of hydrogen-bond acceptors (Lipinski definition) is 4. The van der Waals surface area contributed by atoms with Gasteiger partial charge in [0.1, 0.15) is 0 Å². The van der Waals surface area contributed by atoms with Crippen molar-refractivity contribution in [2.75, 3.05) is 6.61 Å². The fourth-order valence-corrected chi connectivity index (χ4v) is 1.80. The van der Waals surface area contributed by atoms with Gasteiger partial charge in [0.25, 0.3) is 5.91 Å². The first kappa shape index (κ1) is 15.2. The second-order valence-electron chi connectivity index (χ2n) is 4.94. The average molecular weight is 293 g/mol. The maximum atomic E-state index is 11.9. The number of carboxylic acid groups (broad SMARTS) is 1. The Morgan fingerprint density at radius 3 is 2.67 bits per heavy atom. The Morgan fingerprint density at radius 2 is 2.10 bits per heavy atom. The molecule has 1 aliphatic carbocycles. The van der Waals surface area contributed by atoms with Crippen molar-refractivity contribution in [3.05, 3.63) is 23.8 Å². The van der Waals surface area contributed by atoms with Crippen molar-refractivity contribution in [3.8, 4) is 11.5 Å². The van der Waals surface area contributed by atoms with Gasteiger partial charge in [-0.25, -0.2) is 4.79 Å². The van der Waals surface area contributed by atoms with Gasteiger partial charge in [0.05, 0.1) is 12.2 Å². The van der Waals surface area contributed by atoms with E-state index in [0.717, 1.165) is 12.8 Å². The quantitative estimate of drug-likeness (QED) is 0.801. The highest BCUT2D eigenvalue weighted by Gasteiger charge is 2.26. The Balaban J connectivity index is 2.09. The Hall–Kier alpha value is -2.24. The number of carbonyl (C=O) groups is 2. The van der Waals surface area contributed by atoms with Crippen molar-refractivity contribution >= 4 is 11.9 Å². The molecule has 0 saturated heterocycles. The molecule has 1 unspecified atom stereocenters. The third kappa shape index (κ3) is 4.11. The summed E-state index contributed by atoms with van der Waals surface area (Å²) in [6.07, 6.45) is 1.35. The van der Waals surface area contributed by atoms with Gasteiger partial charge in [-0.2, -0.15) is 0 Å². The zero-order valence-electron chi connectivity index (χ0n) is 12.1. The third-order valence-electron chi connectivity index (χ3n) is 3.09. The van der Waals surface area contributed by atoms with Gasteiger partial charge in [0.2, 0.25) is 0 Å². The molecule has 0 radical (unpaired) electrons. The fraction of sp³-hybridized carbons (Fsp3) is 0.467. The minimum Gasteiger partial charge on any atom is -0.490 e. The largest absolute Gasteiger partial charge is 0.490 e. The molecule has 1 fully saturated rings. The van der Waals surface area contributed by atoms with E-state index < -0.39 is 12.1 Å². The van der Waals surface area contributed by atoms with Crippen LogP contribution in [0.4, 0.5) is 0 Å². The summed E-state index contributed by atoms with van der Waals surface area (Å²) in [5.74, 6) is -0.534. The van der Waals surface area contributed by atoms with Crippen LogP contribution in [0.5, 0.6) is 11.5 Å². The van der Waals surface area contributed by atoms with Crippen LogP contribution in [0.3, 0.4) is 0 Å². The van der Waals surface area contributed by atoms with Crippen LogP contribution >= 0.6 is 0 Å². The first-order valence-corrected chi connectivity index (χ1v) is 6.98. The lowest BCUT2D eigenvalue weighted by Crippen LogP contribution is -2.37. The Morgan fingerprint density at radius 1 is 1.38 bits per heavy atom. The van der Waals surface area contributed by atoms with Crippen molar-refractivity contribution in [2.45, 2.75) is 38.8 Å². The predicted molar refractivity (Wildman–Crippen MR) is 75.8 cm³/mol. The second-order valence-corrected chi connectivity index (χ2v) is 4.94. The first-order chi connectivity index (χ1) is 10.0. The summed E-state index contributed by atoms with van der Waals surface area (Å²) in [6.45, 7) is 3.82. The van der Waals surface area contributed by atoms with E-state index in [1.165, 1.54) is 18.2 Å². The molecule has 1 aromatic rings. The monoisotopic (exact) mass is 293 g/mol. The molecule has 1 amide bonds. The van der Waals surface area contributed by atoms with E-state index in [4.69, 9.17) is 14.6 Å². The molecule has 0 spiro atoms. The number of carbonyl (C=O) groups excluding carboxylic acids is 1. The molecule has 114 valence electrons. The molecule has 0 aromatic heterocycles. The molecule has 6 heteroatoms. The minimum absolute atomic E-state index is 0.112.